The fourth-order valence-corrected chi connectivity index (χ4v) is 2.38. The number of carboxylic acid groups (broad SMARTS) is 1. The number of rotatable bonds is 5. The standard InChI is InChI=1S/C17H17N5O3/c1-21(2)12-7-5-11(6-8-12)19-20-16-13(10-15(24)25)18-17-14(23)4-3-9-22(16)17/h3-9,23H,10H2,1-2H3,(H,24,25). The van der Waals surface area contributed by atoms with Crippen LogP contribution < -0.4 is 4.90 Å². The van der Waals surface area contributed by atoms with Gasteiger partial charge in [0.15, 0.2) is 17.2 Å². The Kier molecular flexibility index (Phi) is 4.34. The minimum absolute atomic E-state index is 0.0501. The molecule has 0 atom stereocenters. The fraction of sp³-hybridized carbons (Fsp3) is 0.176. The molecule has 0 aliphatic carbocycles. The summed E-state index contributed by atoms with van der Waals surface area (Å²) in [6, 6.07) is 10.6. The lowest BCUT2D eigenvalue weighted by molar-refractivity contribution is -0.136. The number of carbonyl (C=O) groups is 1. The van der Waals surface area contributed by atoms with E-state index in [2.05, 4.69) is 15.2 Å². The van der Waals surface area contributed by atoms with Gasteiger partial charge in [0.2, 0.25) is 0 Å². The van der Waals surface area contributed by atoms with Gasteiger partial charge in [-0.3, -0.25) is 9.20 Å². The number of aromatic hydroxyl groups is 1. The Morgan fingerprint density at radius 3 is 2.56 bits per heavy atom. The molecule has 0 unspecified atom stereocenters. The van der Waals surface area contributed by atoms with Crippen molar-refractivity contribution in [3.8, 4) is 5.75 Å². The number of hydrogen-bond acceptors (Lipinski definition) is 6. The van der Waals surface area contributed by atoms with E-state index in [9.17, 15) is 9.90 Å². The highest BCUT2D eigenvalue weighted by Crippen LogP contribution is 2.29. The van der Waals surface area contributed by atoms with Crippen LogP contribution in [0.2, 0.25) is 0 Å². The fourth-order valence-electron chi connectivity index (χ4n) is 2.38. The van der Waals surface area contributed by atoms with E-state index in [-0.39, 0.29) is 29.3 Å². The van der Waals surface area contributed by atoms with Gasteiger partial charge in [0.25, 0.3) is 0 Å². The quantitative estimate of drug-likeness (QED) is 0.695. The molecule has 8 heteroatoms. The number of aromatic nitrogens is 2. The molecule has 0 saturated heterocycles. The van der Waals surface area contributed by atoms with Crippen molar-refractivity contribution >= 4 is 28.8 Å². The molecule has 2 heterocycles. The molecule has 0 spiro atoms. The van der Waals surface area contributed by atoms with Crippen LogP contribution in [0.25, 0.3) is 5.65 Å². The first-order valence-electron chi connectivity index (χ1n) is 7.55. The van der Waals surface area contributed by atoms with Crippen molar-refractivity contribution in [2.45, 2.75) is 6.42 Å². The summed E-state index contributed by atoms with van der Waals surface area (Å²) >= 11 is 0. The smallest absolute Gasteiger partial charge is 0.309 e. The Labute approximate surface area is 143 Å². The second-order valence-corrected chi connectivity index (χ2v) is 5.65. The van der Waals surface area contributed by atoms with Crippen LogP contribution in [-0.4, -0.2) is 39.7 Å². The summed E-state index contributed by atoms with van der Waals surface area (Å²) in [7, 11) is 3.89. The van der Waals surface area contributed by atoms with Crippen molar-refractivity contribution < 1.29 is 15.0 Å². The van der Waals surface area contributed by atoms with Crippen LogP contribution in [-0.2, 0) is 11.2 Å². The highest BCUT2D eigenvalue weighted by molar-refractivity contribution is 5.73. The van der Waals surface area contributed by atoms with E-state index in [0.717, 1.165) is 5.69 Å². The van der Waals surface area contributed by atoms with Crippen LogP contribution in [0.4, 0.5) is 17.2 Å². The molecule has 0 aliphatic heterocycles. The lowest BCUT2D eigenvalue weighted by Gasteiger charge is -2.11. The van der Waals surface area contributed by atoms with Gasteiger partial charge in [-0.1, -0.05) is 0 Å². The van der Waals surface area contributed by atoms with Gasteiger partial charge in [-0.2, -0.15) is 0 Å². The first-order chi connectivity index (χ1) is 12.0. The maximum Gasteiger partial charge on any atom is 0.309 e. The van der Waals surface area contributed by atoms with Gasteiger partial charge in [0, 0.05) is 26.0 Å². The Hall–Kier alpha value is -3.42. The molecule has 2 aromatic heterocycles. The average Bonchev–Trinajstić information content (AvgIpc) is 2.91. The van der Waals surface area contributed by atoms with Gasteiger partial charge in [-0.05, 0) is 36.4 Å². The lowest BCUT2D eigenvalue weighted by Crippen LogP contribution is -2.07. The number of fused-ring (bicyclic) bond motifs is 1. The van der Waals surface area contributed by atoms with E-state index in [0.29, 0.717) is 5.69 Å². The van der Waals surface area contributed by atoms with Gasteiger partial charge >= 0.3 is 5.97 Å². The number of azo groups is 1. The summed E-state index contributed by atoms with van der Waals surface area (Å²) in [5.74, 6) is -0.800. The normalized spacial score (nSPS) is 11.3. The SMILES string of the molecule is CN(C)c1ccc(N=Nc2c(CC(=O)O)nc3c(O)cccn23)cc1. The summed E-state index contributed by atoms with van der Waals surface area (Å²) in [5.41, 5.74) is 2.14. The van der Waals surface area contributed by atoms with Gasteiger partial charge < -0.3 is 15.1 Å². The Bertz CT molecular complexity index is 945. The number of imidazole rings is 1. The first kappa shape index (κ1) is 16.4. The summed E-state index contributed by atoms with van der Waals surface area (Å²) < 4.78 is 1.52. The first-order valence-corrected chi connectivity index (χ1v) is 7.55. The lowest BCUT2D eigenvalue weighted by atomic mass is 10.3. The third-order valence-electron chi connectivity index (χ3n) is 3.62. The van der Waals surface area contributed by atoms with Crippen LogP contribution in [0.1, 0.15) is 5.69 Å². The van der Waals surface area contributed by atoms with E-state index in [1.165, 1.54) is 10.5 Å². The van der Waals surface area contributed by atoms with Crippen molar-refractivity contribution in [1.82, 2.24) is 9.38 Å². The molecule has 0 amide bonds. The molecule has 2 N–H and O–H groups in total. The monoisotopic (exact) mass is 339 g/mol. The van der Waals surface area contributed by atoms with Crippen molar-refractivity contribution in [3.05, 3.63) is 48.3 Å². The highest BCUT2D eigenvalue weighted by Gasteiger charge is 2.16. The molecule has 0 radical (unpaired) electrons. The van der Waals surface area contributed by atoms with Crippen molar-refractivity contribution in [3.63, 3.8) is 0 Å². The molecule has 3 aromatic rings. The summed E-state index contributed by atoms with van der Waals surface area (Å²) in [5, 5.41) is 27.3. The van der Waals surface area contributed by atoms with Crippen molar-refractivity contribution in [1.29, 1.82) is 0 Å². The molecule has 25 heavy (non-hydrogen) atoms. The summed E-state index contributed by atoms with van der Waals surface area (Å²) in [4.78, 5) is 17.2. The third kappa shape index (κ3) is 3.42. The van der Waals surface area contributed by atoms with Crippen molar-refractivity contribution in [2.75, 3.05) is 19.0 Å². The summed E-state index contributed by atoms with van der Waals surface area (Å²) in [6.45, 7) is 0. The van der Waals surface area contributed by atoms with Gasteiger partial charge in [0.05, 0.1) is 17.8 Å². The van der Waals surface area contributed by atoms with Gasteiger partial charge in [-0.25, -0.2) is 4.98 Å². The van der Waals surface area contributed by atoms with Gasteiger partial charge in [-0.15, -0.1) is 10.2 Å². The number of nitrogens with zero attached hydrogens (tertiary/aromatic N) is 5. The molecule has 128 valence electrons. The molecule has 0 aliphatic rings. The number of carboxylic acids is 1. The minimum atomic E-state index is -1.03. The molecule has 0 saturated carbocycles. The van der Waals surface area contributed by atoms with Crippen LogP contribution >= 0.6 is 0 Å². The second kappa shape index (κ2) is 6.60. The van der Waals surface area contributed by atoms with Crippen LogP contribution in [0, 0.1) is 0 Å². The highest BCUT2D eigenvalue weighted by atomic mass is 16.4. The Morgan fingerprint density at radius 1 is 1.20 bits per heavy atom. The topological polar surface area (TPSA) is 103 Å². The van der Waals surface area contributed by atoms with Crippen molar-refractivity contribution in [2.24, 2.45) is 10.2 Å². The minimum Gasteiger partial charge on any atom is -0.504 e. The zero-order chi connectivity index (χ0) is 18.0. The zero-order valence-corrected chi connectivity index (χ0v) is 13.8. The van der Waals surface area contributed by atoms with E-state index in [4.69, 9.17) is 5.11 Å². The largest absolute Gasteiger partial charge is 0.504 e. The van der Waals surface area contributed by atoms with E-state index in [1.807, 2.05) is 43.3 Å². The summed E-state index contributed by atoms with van der Waals surface area (Å²) in [6.07, 6.45) is 1.34. The maximum absolute atomic E-state index is 11.1. The Balaban J connectivity index is 2.01. The van der Waals surface area contributed by atoms with E-state index in [1.54, 1.807) is 12.3 Å². The number of anilines is 1. The zero-order valence-electron chi connectivity index (χ0n) is 13.8. The number of benzene rings is 1. The van der Waals surface area contributed by atoms with Gasteiger partial charge in [0.1, 0.15) is 0 Å². The second-order valence-electron chi connectivity index (χ2n) is 5.65. The van der Waals surface area contributed by atoms with Crippen LogP contribution in [0.5, 0.6) is 5.75 Å². The van der Waals surface area contributed by atoms with E-state index >= 15 is 0 Å². The average molecular weight is 339 g/mol. The third-order valence-corrected chi connectivity index (χ3v) is 3.62. The van der Waals surface area contributed by atoms with Crippen LogP contribution in [0.15, 0.2) is 52.8 Å². The molecular weight excluding hydrogens is 322 g/mol. The number of aliphatic carboxylic acids is 1. The number of hydrogen-bond donors (Lipinski definition) is 2. The Morgan fingerprint density at radius 2 is 1.92 bits per heavy atom. The van der Waals surface area contributed by atoms with E-state index < -0.39 is 5.97 Å². The number of pyridine rings is 1. The molecule has 3 rings (SSSR count). The predicted molar refractivity (Wildman–Crippen MR) is 93.1 cm³/mol. The molecule has 0 fully saturated rings. The predicted octanol–water partition coefficient (Wildman–Crippen LogP) is 3.15. The molecule has 1 aromatic carbocycles. The molecular formula is C17H17N5O3. The molecule has 0 bridgehead atoms. The molecule has 8 nitrogen and oxygen atoms in total. The maximum atomic E-state index is 11.1. The van der Waals surface area contributed by atoms with Crippen LogP contribution in [0.3, 0.4) is 0 Å².